The van der Waals surface area contributed by atoms with Crippen molar-refractivity contribution in [2.75, 3.05) is 25.0 Å². The lowest BCUT2D eigenvalue weighted by Crippen LogP contribution is -2.37. The predicted molar refractivity (Wildman–Crippen MR) is 87.1 cm³/mol. The van der Waals surface area contributed by atoms with Crippen LogP contribution < -0.4 is 5.32 Å². The molecule has 0 unspecified atom stereocenters. The smallest absolute Gasteiger partial charge is 0.321 e. The van der Waals surface area contributed by atoms with E-state index >= 15 is 0 Å². The predicted octanol–water partition coefficient (Wildman–Crippen LogP) is 2.67. The number of aliphatic hydroxyl groups is 1. The molecule has 23 heavy (non-hydrogen) atoms. The largest absolute Gasteiger partial charge is 0.423 e. The summed E-state index contributed by atoms with van der Waals surface area (Å²) in [6.07, 6.45) is 3.15. The average molecular weight is 318 g/mol. The van der Waals surface area contributed by atoms with Gasteiger partial charge in [-0.15, -0.1) is 10.2 Å². The van der Waals surface area contributed by atoms with E-state index < -0.39 is 0 Å². The topological polar surface area (TPSA) is 91.5 Å². The number of anilines is 1. The summed E-state index contributed by atoms with van der Waals surface area (Å²) >= 11 is 0. The summed E-state index contributed by atoms with van der Waals surface area (Å²) in [4.78, 5) is 14.0. The Hall–Kier alpha value is -2.41. The first-order valence-corrected chi connectivity index (χ1v) is 7.69. The van der Waals surface area contributed by atoms with Crippen molar-refractivity contribution in [3.8, 4) is 11.5 Å². The number of aliphatic hydroxyl groups excluding tert-OH is 1. The molecule has 0 aliphatic carbocycles. The minimum atomic E-state index is -0.224. The zero-order valence-corrected chi connectivity index (χ0v) is 13.5. The second-order valence-electron chi connectivity index (χ2n) is 5.27. The van der Waals surface area contributed by atoms with Crippen LogP contribution in [0.1, 0.15) is 25.3 Å². The number of rotatable bonds is 7. The number of urea groups is 1. The van der Waals surface area contributed by atoms with Crippen LogP contribution in [0, 0.1) is 6.92 Å². The molecule has 2 amide bonds. The van der Waals surface area contributed by atoms with Crippen LogP contribution in [-0.2, 0) is 0 Å². The van der Waals surface area contributed by atoms with E-state index in [1.165, 1.54) is 6.39 Å². The molecule has 0 saturated heterocycles. The van der Waals surface area contributed by atoms with Crippen molar-refractivity contribution in [3.05, 3.63) is 30.2 Å². The Morgan fingerprint density at radius 2 is 2.22 bits per heavy atom. The van der Waals surface area contributed by atoms with E-state index in [1.807, 2.05) is 19.1 Å². The third kappa shape index (κ3) is 4.53. The summed E-state index contributed by atoms with van der Waals surface area (Å²) in [5, 5.41) is 19.5. The van der Waals surface area contributed by atoms with Crippen LogP contribution in [0.4, 0.5) is 10.5 Å². The van der Waals surface area contributed by atoms with E-state index in [-0.39, 0.29) is 12.6 Å². The number of nitrogens with zero attached hydrogens (tertiary/aromatic N) is 3. The zero-order valence-electron chi connectivity index (χ0n) is 13.5. The first kappa shape index (κ1) is 17.0. The Morgan fingerprint density at radius 1 is 1.39 bits per heavy atom. The maximum absolute atomic E-state index is 12.4. The molecule has 0 bridgehead atoms. The van der Waals surface area contributed by atoms with E-state index in [4.69, 9.17) is 9.52 Å². The number of hydrogen-bond acceptors (Lipinski definition) is 5. The van der Waals surface area contributed by atoms with Crippen molar-refractivity contribution >= 4 is 11.7 Å². The van der Waals surface area contributed by atoms with Crippen LogP contribution >= 0.6 is 0 Å². The summed E-state index contributed by atoms with van der Waals surface area (Å²) in [6.45, 7) is 4.85. The standard InChI is InChI=1S/C16H22N4O3/c1-3-4-7-20(8-9-21)16(22)18-14-10-13(6-5-12(14)2)15-19-17-11-23-15/h5-6,10-11,21H,3-4,7-9H2,1-2H3,(H,18,22). The summed E-state index contributed by atoms with van der Waals surface area (Å²) in [6, 6.07) is 5.33. The molecule has 0 saturated carbocycles. The van der Waals surface area contributed by atoms with Gasteiger partial charge >= 0.3 is 6.03 Å². The highest BCUT2D eigenvalue weighted by molar-refractivity contribution is 5.91. The molecule has 2 N–H and O–H groups in total. The number of unbranched alkanes of at least 4 members (excludes halogenated alkanes) is 1. The normalized spacial score (nSPS) is 10.6. The lowest BCUT2D eigenvalue weighted by Gasteiger charge is -2.22. The van der Waals surface area contributed by atoms with E-state index in [9.17, 15) is 4.79 Å². The van der Waals surface area contributed by atoms with Gasteiger partial charge in [-0.2, -0.15) is 0 Å². The van der Waals surface area contributed by atoms with Gasteiger partial charge in [0, 0.05) is 24.3 Å². The number of aromatic nitrogens is 2. The molecule has 1 aromatic carbocycles. The highest BCUT2D eigenvalue weighted by Crippen LogP contribution is 2.24. The van der Waals surface area contributed by atoms with Crippen molar-refractivity contribution < 1.29 is 14.3 Å². The lowest BCUT2D eigenvalue weighted by molar-refractivity contribution is 0.187. The van der Waals surface area contributed by atoms with Crippen LogP contribution in [-0.4, -0.2) is 45.9 Å². The quantitative estimate of drug-likeness (QED) is 0.819. The fraction of sp³-hybridized carbons (Fsp3) is 0.438. The highest BCUT2D eigenvalue weighted by atomic mass is 16.4. The Morgan fingerprint density at radius 3 is 2.87 bits per heavy atom. The summed E-state index contributed by atoms with van der Waals surface area (Å²) in [7, 11) is 0. The van der Waals surface area contributed by atoms with Gasteiger partial charge in [-0.25, -0.2) is 4.79 Å². The fourth-order valence-corrected chi connectivity index (χ4v) is 2.17. The number of aryl methyl sites for hydroxylation is 1. The lowest BCUT2D eigenvalue weighted by atomic mass is 10.1. The van der Waals surface area contributed by atoms with Crippen molar-refractivity contribution in [2.24, 2.45) is 0 Å². The van der Waals surface area contributed by atoms with Crippen LogP contribution in [0.25, 0.3) is 11.5 Å². The summed E-state index contributed by atoms with van der Waals surface area (Å²) in [5.41, 5.74) is 2.36. The summed E-state index contributed by atoms with van der Waals surface area (Å²) < 4.78 is 5.18. The first-order valence-electron chi connectivity index (χ1n) is 7.69. The van der Waals surface area contributed by atoms with E-state index in [0.717, 1.165) is 24.0 Å². The molecule has 7 nitrogen and oxygen atoms in total. The number of benzene rings is 1. The number of carbonyl (C=O) groups is 1. The number of carbonyl (C=O) groups excluding carboxylic acids is 1. The van der Waals surface area contributed by atoms with Crippen molar-refractivity contribution in [1.29, 1.82) is 0 Å². The van der Waals surface area contributed by atoms with Crippen molar-refractivity contribution in [2.45, 2.75) is 26.7 Å². The molecule has 1 heterocycles. The molecule has 7 heteroatoms. The fourth-order valence-electron chi connectivity index (χ4n) is 2.17. The Balaban J connectivity index is 2.14. The molecule has 0 spiro atoms. The van der Waals surface area contributed by atoms with Gasteiger partial charge in [0.05, 0.1) is 6.61 Å². The molecule has 2 aromatic rings. The molecule has 0 radical (unpaired) electrons. The van der Waals surface area contributed by atoms with Crippen molar-refractivity contribution in [1.82, 2.24) is 15.1 Å². The van der Waals surface area contributed by atoms with Gasteiger partial charge in [-0.1, -0.05) is 19.4 Å². The van der Waals surface area contributed by atoms with Gasteiger partial charge in [0.15, 0.2) is 0 Å². The molecule has 0 fully saturated rings. The maximum atomic E-state index is 12.4. The second kappa shape index (κ2) is 8.28. The Kier molecular flexibility index (Phi) is 6.10. The SMILES string of the molecule is CCCCN(CCO)C(=O)Nc1cc(-c2nnco2)ccc1C. The average Bonchev–Trinajstić information content (AvgIpc) is 3.08. The van der Waals surface area contributed by atoms with Crippen LogP contribution in [0.2, 0.25) is 0 Å². The van der Waals surface area contributed by atoms with E-state index in [1.54, 1.807) is 11.0 Å². The molecule has 0 aliphatic rings. The van der Waals surface area contributed by atoms with E-state index in [2.05, 4.69) is 22.4 Å². The molecule has 1 aromatic heterocycles. The third-order valence-corrected chi connectivity index (χ3v) is 3.52. The van der Waals surface area contributed by atoms with Crippen LogP contribution in [0.5, 0.6) is 0 Å². The zero-order chi connectivity index (χ0) is 16.7. The van der Waals surface area contributed by atoms with Crippen LogP contribution in [0.15, 0.2) is 29.0 Å². The van der Waals surface area contributed by atoms with Crippen LogP contribution in [0.3, 0.4) is 0 Å². The van der Waals surface area contributed by atoms with E-state index in [0.29, 0.717) is 24.7 Å². The first-order chi connectivity index (χ1) is 11.2. The van der Waals surface area contributed by atoms with Gasteiger partial charge < -0.3 is 19.7 Å². The molecule has 124 valence electrons. The Labute approximate surface area is 135 Å². The van der Waals surface area contributed by atoms with Crippen molar-refractivity contribution in [3.63, 3.8) is 0 Å². The third-order valence-electron chi connectivity index (χ3n) is 3.52. The van der Waals surface area contributed by atoms with Gasteiger partial charge in [-0.3, -0.25) is 0 Å². The minimum Gasteiger partial charge on any atom is -0.423 e. The second-order valence-corrected chi connectivity index (χ2v) is 5.27. The molecular formula is C16H22N4O3. The maximum Gasteiger partial charge on any atom is 0.321 e. The number of hydrogen-bond donors (Lipinski definition) is 2. The number of amides is 2. The number of nitrogens with one attached hydrogen (secondary N) is 1. The highest BCUT2D eigenvalue weighted by Gasteiger charge is 2.14. The monoisotopic (exact) mass is 318 g/mol. The van der Waals surface area contributed by atoms with Gasteiger partial charge in [-0.05, 0) is 31.0 Å². The molecule has 2 rings (SSSR count). The van der Waals surface area contributed by atoms with Gasteiger partial charge in [0.2, 0.25) is 12.3 Å². The Bertz CT molecular complexity index is 628. The van der Waals surface area contributed by atoms with Gasteiger partial charge in [0.1, 0.15) is 0 Å². The minimum absolute atomic E-state index is 0.0574. The molecule has 0 atom stereocenters. The summed E-state index contributed by atoms with van der Waals surface area (Å²) in [5.74, 6) is 0.402. The molecular weight excluding hydrogens is 296 g/mol. The van der Waals surface area contributed by atoms with Gasteiger partial charge in [0.25, 0.3) is 0 Å². The molecule has 0 aliphatic heterocycles.